The second-order valence-electron chi connectivity index (χ2n) is 3.72. The summed E-state index contributed by atoms with van der Waals surface area (Å²) in [5, 5.41) is 8.14. The van der Waals surface area contributed by atoms with Crippen LogP contribution in [0.15, 0.2) is 29.2 Å². The van der Waals surface area contributed by atoms with Crippen LogP contribution in [0.3, 0.4) is 0 Å². The number of terminal acetylenes is 1. The van der Waals surface area contributed by atoms with Crippen molar-refractivity contribution in [3.05, 3.63) is 24.3 Å². The van der Waals surface area contributed by atoms with E-state index in [1.165, 1.54) is 12.1 Å². The van der Waals surface area contributed by atoms with Crippen molar-refractivity contribution in [2.75, 3.05) is 5.32 Å². The van der Waals surface area contributed by atoms with Crippen LogP contribution in [0.1, 0.15) is 19.8 Å². The Balaban J connectivity index is 2.79. The number of primary sulfonamides is 1. The van der Waals surface area contributed by atoms with Crippen molar-refractivity contribution in [2.45, 2.75) is 30.7 Å². The Kier molecular flexibility index (Phi) is 4.55. The van der Waals surface area contributed by atoms with Crippen molar-refractivity contribution in [1.29, 1.82) is 0 Å². The number of nitrogens with two attached hydrogens (primary N) is 1. The minimum absolute atomic E-state index is 0.0414. The van der Waals surface area contributed by atoms with Crippen molar-refractivity contribution >= 4 is 15.7 Å². The zero-order valence-electron chi connectivity index (χ0n) is 9.68. The van der Waals surface area contributed by atoms with Gasteiger partial charge in [0.05, 0.1) is 10.9 Å². The number of sulfonamides is 1. The van der Waals surface area contributed by atoms with E-state index in [4.69, 9.17) is 11.6 Å². The fourth-order valence-corrected chi connectivity index (χ4v) is 1.94. The van der Waals surface area contributed by atoms with Gasteiger partial charge in [-0.05, 0) is 30.7 Å². The second-order valence-corrected chi connectivity index (χ2v) is 5.28. The molecule has 17 heavy (non-hydrogen) atoms. The van der Waals surface area contributed by atoms with E-state index < -0.39 is 10.0 Å². The smallest absolute Gasteiger partial charge is 0.238 e. The maximum absolute atomic E-state index is 11.1. The van der Waals surface area contributed by atoms with Gasteiger partial charge in [0.1, 0.15) is 0 Å². The van der Waals surface area contributed by atoms with E-state index in [-0.39, 0.29) is 10.9 Å². The van der Waals surface area contributed by atoms with Crippen LogP contribution in [-0.2, 0) is 10.0 Å². The number of nitrogens with one attached hydrogen (secondary N) is 1. The Bertz CT molecular complexity index is 500. The van der Waals surface area contributed by atoms with Crippen LogP contribution in [0.5, 0.6) is 0 Å². The highest BCUT2D eigenvalue weighted by Gasteiger charge is 2.08. The van der Waals surface area contributed by atoms with E-state index in [1.807, 2.05) is 0 Å². The molecule has 92 valence electrons. The summed E-state index contributed by atoms with van der Waals surface area (Å²) in [6.07, 6.45) is 7.23. The maximum atomic E-state index is 11.1. The second kappa shape index (κ2) is 5.71. The van der Waals surface area contributed by atoms with Gasteiger partial charge < -0.3 is 5.32 Å². The third-order valence-corrected chi connectivity index (χ3v) is 3.23. The Morgan fingerprint density at radius 1 is 1.41 bits per heavy atom. The summed E-state index contributed by atoms with van der Waals surface area (Å²) in [5.74, 6) is 2.64. The summed E-state index contributed by atoms with van der Waals surface area (Å²) in [4.78, 5) is 0.0933. The Morgan fingerprint density at radius 3 is 2.41 bits per heavy atom. The third kappa shape index (κ3) is 4.10. The number of hydrogen-bond acceptors (Lipinski definition) is 3. The molecule has 1 aromatic carbocycles. The van der Waals surface area contributed by atoms with Gasteiger partial charge in [0, 0.05) is 5.69 Å². The zero-order chi connectivity index (χ0) is 12.9. The highest BCUT2D eigenvalue weighted by molar-refractivity contribution is 7.89. The minimum Gasteiger partial charge on any atom is -0.372 e. The fraction of sp³-hybridized carbons (Fsp3) is 0.333. The molecule has 1 atom stereocenters. The van der Waals surface area contributed by atoms with Gasteiger partial charge in [0.25, 0.3) is 0 Å². The molecule has 0 aliphatic carbocycles. The lowest BCUT2D eigenvalue weighted by atomic mass is 10.1. The predicted octanol–water partition coefficient (Wildman–Crippen LogP) is 1.55. The van der Waals surface area contributed by atoms with Gasteiger partial charge in [-0.15, -0.1) is 6.42 Å². The first kappa shape index (κ1) is 13.6. The summed E-state index contributed by atoms with van der Waals surface area (Å²) in [7, 11) is -3.63. The van der Waals surface area contributed by atoms with Crippen molar-refractivity contribution in [1.82, 2.24) is 0 Å². The molecule has 0 bridgehead atoms. The summed E-state index contributed by atoms with van der Waals surface area (Å²) >= 11 is 0. The Morgan fingerprint density at radius 2 is 2.00 bits per heavy atom. The lowest BCUT2D eigenvalue weighted by Gasteiger charge is -2.13. The minimum atomic E-state index is -3.63. The molecule has 1 rings (SSSR count). The van der Waals surface area contributed by atoms with E-state index in [1.54, 1.807) is 12.1 Å². The molecule has 0 radical (unpaired) electrons. The van der Waals surface area contributed by atoms with Gasteiger partial charge in [-0.3, -0.25) is 0 Å². The highest BCUT2D eigenvalue weighted by atomic mass is 32.2. The predicted molar refractivity (Wildman–Crippen MR) is 69.0 cm³/mol. The Labute approximate surface area is 102 Å². The van der Waals surface area contributed by atoms with Crippen LogP contribution < -0.4 is 10.5 Å². The van der Waals surface area contributed by atoms with Crippen LogP contribution in [0, 0.1) is 12.3 Å². The summed E-state index contributed by atoms with van der Waals surface area (Å²) in [6.45, 7) is 2.05. The lowest BCUT2D eigenvalue weighted by molar-refractivity contribution is 0.598. The third-order valence-electron chi connectivity index (χ3n) is 2.30. The standard InChI is InChI=1S/C12H16N2O2S/c1-3-5-10(4-2)14-11-6-8-12(9-7-11)17(13,15)16/h2,6-10,14H,3,5H2,1H3,(H2,13,15,16). The number of benzene rings is 1. The summed E-state index contributed by atoms with van der Waals surface area (Å²) in [5.41, 5.74) is 0.786. The molecule has 0 amide bonds. The van der Waals surface area contributed by atoms with Gasteiger partial charge in [0.15, 0.2) is 0 Å². The van der Waals surface area contributed by atoms with Crippen molar-refractivity contribution in [2.24, 2.45) is 5.14 Å². The molecular weight excluding hydrogens is 236 g/mol. The first-order valence-corrected chi connectivity index (χ1v) is 6.87. The first-order chi connectivity index (χ1) is 7.97. The van der Waals surface area contributed by atoms with Crippen LogP contribution in [0.4, 0.5) is 5.69 Å². The van der Waals surface area contributed by atoms with Crippen LogP contribution >= 0.6 is 0 Å². The van der Waals surface area contributed by atoms with Gasteiger partial charge in [-0.25, -0.2) is 13.6 Å². The molecule has 0 aromatic heterocycles. The SMILES string of the molecule is C#CC(CCC)Nc1ccc(S(N)(=O)=O)cc1. The van der Waals surface area contributed by atoms with Crippen molar-refractivity contribution in [3.8, 4) is 12.3 Å². The highest BCUT2D eigenvalue weighted by Crippen LogP contribution is 2.14. The van der Waals surface area contributed by atoms with E-state index in [0.29, 0.717) is 0 Å². The number of anilines is 1. The first-order valence-electron chi connectivity index (χ1n) is 5.33. The molecule has 0 fully saturated rings. The molecule has 0 spiro atoms. The van der Waals surface area contributed by atoms with Gasteiger partial charge >= 0.3 is 0 Å². The van der Waals surface area contributed by atoms with Crippen LogP contribution in [0.2, 0.25) is 0 Å². The molecular formula is C12H16N2O2S. The molecule has 0 saturated carbocycles. The van der Waals surface area contributed by atoms with E-state index in [2.05, 4.69) is 18.2 Å². The van der Waals surface area contributed by atoms with Crippen molar-refractivity contribution < 1.29 is 8.42 Å². The van der Waals surface area contributed by atoms with E-state index in [9.17, 15) is 8.42 Å². The zero-order valence-corrected chi connectivity index (χ0v) is 10.5. The molecule has 0 aliphatic heterocycles. The van der Waals surface area contributed by atoms with Gasteiger partial charge in [0.2, 0.25) is 10.0 Å². The van der Waals surface area contributed by atoms with Crippen LogP contribution in [0.25, 0.3) is 0 Å². The molecule has 1 unspecified atom stereocenters. The molecule has 4 nitrogen and oxygen atoms in total. The summed E-state index contributed by atoms with van der Waals surface area (Å²) in [6, 6.07) is 6.17. The fourth-order valence-electron chi connectivity index (χ4n) is 1.43. The number of rotatable bonds is 5. The van der Waals surface area contributed by atoms with E-state index >= 15 is 0 Å². The normalized spacial score (nSPS) is 12.8. The molecule has 0 saturated heterocycles. The average Bonchev–Trinajstić information content (AvgIpc) is 2.28. The molecule has 0 aliphatic rings. The molecule has 5 heteroatoms. The monoisotopic (exact) mass is 252 g/mol. The quantitative estimate of drug-likeness (QED) is 0.781. The van der Waals surface area contributed by atoms with Crippen LogP contribution in [-0.4, -0.2) is 14.5 Å². The lowest BCUT2D eigenvalue weighted by Crippen LogP contribution is -2.17. The average molecular weight is 252 g/mol. The van der Waals surface area contributed by atoms with E-state index in [0.717, 1.165) is 18.5 Å². The summed E-state index contributed by atoms with van der Waals surface area (Å²) < 4.78 is 22.1. The topological polar surface area (TPSA) is 72.2 Å². The Hall–Kier alpha value is -1.51. The molecule has 3 N–H and O–H groups in total. The molecule has 0 heterocycles. The number of hydrogen-bond donors (Lipinski definition) is 2. The van der Waals surface area contributed by atoms with Gasteiger partial charge in [-0.2, -0.15) is 0 Å². The van der Waals surface area contributed by atoms with Crippen molar-refractivity contribution in [3.63, 3.8) is 0 Å². The molecule has 1 aromatic rings. The largest absolute Gasteiger partial charge is 0.372 e. The van der Waals surface area contributed by atoms with Gasteiger partial charge in [-0.1, -0.05) is 19.3 Å². The maximum Gasteiger partial charge on any atom is 0.238 e.